The van der Waals surface area contributed by atoms with Gasteiger partial charge >= 0.3 is 0 Å². The van der Waals surface area contributed by atoms with Crippen LogP contribution in [-0.4, -0.2) is 23.5 Å². The fraction of sp³-hybridized carbons (Fsp3) is 0.200. The van der Waals surface area contributed by atoms with Crippen molar-refractivity contribution >= 4 is 17.5 Å². The maximum atomic E-state index is 13.9. The zero-order valence-electron chi connectivity index (χ0n) is 17.1. The maximum absolute atomic E-state index is 13.9. The number of ether oxygens (including phenoxy) is 2. The van der Waals surface area contributed by atoms with Gasteiger partial charge in [0.05, 0.1) is 11.6 Å². The normalized spacial score (nSPS) is 27.9. The Kier molecular flexibility index (Phi) is 3.33. The molecule has 2 amide bonds. The molecule has 1 fully saturated rings. The second-order valence-electron chi connectivity index (χ2n) is 8.73. The van der Waals surface area contributed by atoms with Crippen molar-refractivity contribution in [2.75, 3.05) is 11.7 Å². The highest BCUT2D eigenvalue weighted by Gasteiger charge is 2.74. The molecule has 3 aromatic carbocycles. The number of carbonyl (C=O) groups excluding carboxylic acids is 2. The molecule has 0 aromatic heterocycles. The number of carbonyl (C=O) groups is 2. The van der Waals surface area contributed by atoms with Crippen molar-refractivity contribution < 1.29 is 24.0 Å². The second-order valence-corrected chi connectivity index (χ2v) is 8.73. The summed E-state index contributed by atoms with van der Waals surface area (Å²) in [5, 5.41) is 12.9. The van der Waals surface area contributed by atoms with E-state index in [1.807, 2.05) is 24.3 Å². The largest absolute Gasteiger partial charge is 0.454 e. The molecule has 8 rings (SSSR count). The van der Waals surface area contributed by atoms with Crippen LogP contribution in [-0.2, 0) is 15.1 Å². The fourth-order valence-electron chi connectivity index (χ4n) is 6.32. The molecule has 0 saturated carbocycles. The van der Waals surface area contributed by atoms with Crippen LogP contribution < -0.4 is 14.4 Å². The van der Waals surface area contributed by atoms with E-state index in [0.717, 1.165) is 16.0 Å². The van der Waals surface area contributed by atoms with Gasteiger partial charge in [-0.05, 0) is 23.3 Å². The number of anilines is 1. The van der Waals surface area contributed by atoms with Gasteiger partial charge in [0, 0.05) is 28.0 Å². The Morgan fingerprint density at radius 3 is 2.18 bits per heavy atom. The lowest BCUT2D eigenvalue weighted by molar-refractivity contribution is -0.578. The summed E-state index contributed by atoms with van der Waals surface area (Å²) in [6.07, 6.45) is 0. The number of hydrogen-bond donors (Lipinski definition) is 0. The molecule has 0 radical (unpaired) electrons. The van der Waals surface area contributed by atoms with Gasteiger partial charge in [0.15, 0.2) is 11.5 Å². The van der Waals surface area contributed by atoms with Crippen LogP contribution in [0.2, 0.25) is 0 Å². The van der Waals surface area contributed by atoms with Crippen LogP contribution in [0.1, 0.15) is 28.2 Å². The summed E-state index contributed by atoms with van der Waals surface area (Å²) < 4.78 is 10.8. The molecule has 8 heteroatoms. The molecule has 3 aliphatic carbocycles. The first-order valence-electron chi connectivity index (χ1n) is 10.7. The smallest absolute Gasteiger partial charge is 0.285 e. The third-order valence-corrected chi connectivity index (χ3v) is 7.48. The first-order chi connectivity index (χ1) is 16.0. The number of hydrogen-bond acceptors (Lipinski definition) is 6. The summed E-state index contributed by atoms with van der Waals surface area (Å²) in [5.74, 6) is -2.46. The average Bonchev–Trinajstić information content (AvgIpc) is 3.41. The Morgan fingerprint density at radius 2 is 1.52 bits per heavy atom. The van der Waals surface area contributed by atoms with Crippen molar-refractivity contribution in [2.24, 2.45) is 11.8 Å². The topological polar surface area (TPSA) is 99.0 Å². The van der Waals surface area contributed by atoms with Crippen molar-refractivity contribution in [3.8, 4) is 11.5 Å². The minimum absolute atomic E-state index is 0.0586. The Balaban J connectivity index is 1.50. The van der Waals surface area contributed by atoms with Gasteiger partial charge in [-0.15, -0.1) is 0 Å². The van der Waals surface area contributed by atoms with Crippen LogP contribution >= 0.6 is 0 Å². The Hall–Kier alpha value is -4.20. The molecule has 33 heavy (non-hydrogen) atoms. The van der Waals surface area contributed by atoms with Gasteiger partial charge in [0.2, 0.25) is 18.6 Å². The maximum Gasteiger partial charge on any atom is 0.285 e. The van der Waals surface area contributed by atoms with E-state index in [4.69, 9.17) is 9.47 Å². The third kappa shape index (κ3) is 1.97. The molecule has 3 aromatic rings. The molecule has 8 nitrogen and oxygen atoms in total. The van der Waals surface area contributed by atoms with Crippen LogP contribution in [0, 0.1) is 22.0 Å². The molecule has 2 bridgehead atoms. The standard InChI is InChI=1S/C25H16N2O6/c28-23-21-20-14-5-1-3-7-16(14)25(27(30)31,17-8-4-2-6-15(17)20)22(21)24(29)26(23)13-9-10-18-19(11-13)33-12-32-18/h1-11,20-22H,12H2/t20?,21-,22-,25?/m1/s1. The van der Waals surface area contributed by atoms with Crippen LogP contribution in [0.15, 0.2) is 66.7 Å². The van der Waals surface area contributed by atoms with E-state index in [-0.39, 0.29) is 11.7 Å². The van der Waals surface area contributed by atoms with Gasteiger partial charge in [0.25, 0.3) is 5.54 Å². The molecule has 162 valence electrons. The van der Waals surface area contributed by atoms with E-state index in [0.29, 0.717) is 28.3 Å². The van der Waals surface area contributed by atoms with Crippen LogP contribution in [0.3, 0.4) is 0 Å². The molecular formula is C25H16N2O6. The minimum Gasteiger partial charge on any atom is -0.454 e. The van der Waals surface area contributed by atoms with Crippen molar-refractivity contribution in [1.82, 2.24) is 0 Å². The zero-order valence-corrected chi connectivity index (χ0v) is 17.1. The highest BCUT2D eigenvalue weighted by molar-refractivity contribution is 6.23. The highest BCUT2D eigenvalue weighted by Crippen LogP contribution is 2.64. The Labute approximate surface area is 187 Å². The lowest BCUT2D eigenvalue weighted by atomic mass is 9.51. The molecule has 2 heterocycles. The first-order valence-corrected chi connectivity index (χ1v) is 10.7. The molecule has 5 aliphatic rings. The number of nitro groups is 1. The van der Waals surface area contributed by atoms with E-state index in [9.17, 15) is 19.7 Å². The Morgan fingerprint density at radius 1 is 0.879 bits per heavy atom. The number of amides is 2. The predicted octanol–water partition coefficient (Wildman–Crippen LogP) is 3.20. The second kappa shape index (κ2) is 5.98. The lowest BCUT2D eigenvalue weighted by Crippen LogP contribution is -2.57. The van der Waals surface area contributed by atoms with Crippen LogP contribution in [0.25, 0.3) is 0 Å². The molecule has 1 saturated heterocycles. The van der Waals surface area contributed by atoms with Gasteiger partial charge in [0.1, 0.15) is 5.92 Å². The summed E-state index contributed by atoms with van der Waals surface area (Å²) in [6.45, 7) is 0.0586. The highest BCUT2D eigenvalue weighted by atomic mass is 16.7. The van der Waals surface area contributed by atoms with E-state index in [2.05, 4.69) is 0 Å². The van der Waals surface area contributed by atoms with E-state index >= 15 is 0 Å². The van der Waals surface area contributed by atoms with Crippen LogP contribution in [0.4, 0.5) is 5.69 Å². The zero-order chi connectivity index (χ0) is 22.5. The number of imide groups is 1. The van der Waals surface area contributed by atoms with Gasteiger partial charge < -0.3 is 9.47 Å². The summed E-state index contributed by atoms with van der Waals surface area (Å²) >= 11 is 0. The number of rotatable bonds is 2. The van der Waals surface area contributed by atoms with Gasteiger partial charge in [-0.2, -0.15) is 0 Å². The number of benzene rings is 3. The van der Waals surface area contributed by atoms with Crippen molar-refractivity contribution in [1.29, 1.82) is 0 Å². The quantitative estimate of drug-likeness (QED) is 0.345. The minimum atomic E-state index is -1.83. The van der Waals surface area contributed by atoms with Gasteiger partial charge in [-0.1, -0.05) is 48.5 Å². The van der Waals surface area contributed by atoms with E-state index in [1.165, 1.54) is 0 Å². The summed E-state index contributed by atoms with van der Waals surface area (Å²) in [4.78, 5) is 41.4. The molecule has 0 spiro atoms. The molecule has 0 N–H and O–H groups in total. The van der Waals surface area contributed by atoms with Crippen molar-refractivity contribution in [2.45, 2.75) is 11.5 Å². The summed E-state index contributed by atoms with van der Waals surface area (Å²) in [5.41, 5.74) is 0.965. The van der Waals surface area contributed by atoms with E-state index in [1.54, 1.807) is 42.5 Å². The van der Waals surface area contributed by atoms with Crippen LogP contribution in [0.5, 0.6) is 11.5 Å². The number of fused-ring (bicyclic) bond motifs is 1. The molecule has 0 unspecified atom stereocenters. The van der Waals surface area contributed by atoms with Crippen molar-refractivity contribution in [3.63, 3.8) is 0 Å². The molecule has 2 aliphatic heterocycles. The van der Waals surface area contributed by atoms with Crippen molar-refractivity contribution in [3.05, 3.63) is 99.1 Å². The number of nitrogens with zero attached hydrogens (tertiary/aromatic N) is 2. The molecular weight excluding hydrogens is 424 g/mol. The summed E-state index contributed by atoms with van der Waals surface area (Å²) in [7, 11) is 0. The van der Waals surface area contributed by atoms with Gasteiger partial charge in [-0.25, -0.2) is 4.90 Å². The SMILES string of the molecule is O=C1[C@@H]2C3c4ccccc4C([N+](=O)[O-])(c4ccccc43)[C@H]2C(=O)N1c1ccc2c(c1)OCO2. The lowest BCUT2D eigenvalue weighted by Gasteiger charge is -2.48. The third-order valence-electron chi connectivity index (χ3n) is 7.48. The predicted molar refractivity (Wildman–Crippen MR) is 115 cm³/mol. The average molecular weight is 440 g/mol. The van der Waals surface area contributed by atoms with Gasteiger partial charge in [-0.3, -0.25) is 19.7 Å². The monoisotopic (exact) mass is 440 g/mol. The Bertz CT molecular complexity index is 1370. The molecule has 2 atom stereocenters. The first kappa shape index (κ1) is 18.4. The fourth-order valence-corrected chi connectivity index (χ4v) is 6.32. The summed E-state index contributed by atoms with van der Waals surface area (Å²) in [6, 6.07) is 19.1. The van der Waals surface area contributed by atoms with E-state index < -0.39 is 35.1 Å².